The first-order valence-corrected chi connectivity index (χ1v) is 12.7. The Morgan fingerprint density at radius 2 is 1.65 bits per heavy atom. The first-order valence-electron chi connectivity index (χ1n) is 11.3. The number of nitrogens with zero attached hydrogens (tertiary/aromatic N) is 2. The smallest absolute Gasteiger partial charge is 0.267 e. The molecule has 0 aromatic heterocycles. The Hall–Kier alpha value is -3.11. The fraction of sp³-hybridized carbons (Fsp3) is 0.417. The molecule has 1 unspecified atom stereocenters. The molecule has 34 heavy (non-hydrogen) atoms. The van der Waals surface area contributed by atoms with E-state index in [-0.39, 0.29) is 29.4 Å². The van der Waals surface area contributed by atoms with Crippen LogP contribution in [-0.4, -0.2) is 75.0 Å². The topological polar surface area (TPSA) is 105 Å². The van der Waals surface area contributed by atoms with Gasteiger partial charge in [0.25, 0.3) is 11.8 Å². The molecule has 1 saturated heterocycles. The monoisotopic (exact) mass is 487 g/mol. The standard InChI is InChI=1S/C24H29N3O6S/c1-16(2)25-34(30,31)18-9-8-17(3)19(14-18)23(28)26-10-12-27(13-11-26)24(29)22-15-32-20-6-4-5-7-21(20)33-22/h4-9,14,16,22,25H,10-13,15H2,1-3H3. The highest BCUT2D eigenvalue weighted by molar-refractivity contribution is 7.89. The molecule has 0 radical (unpaired) electrons. The Morgan fingerprint density at radius 1 is 1.00 bits per heavy atom. The van der Waals surface area contributed by atoms with E-state index in [1.807, 2.05) is 12.1 Å². The molecule has 1 fully saturated rings. The van der Waals surface area contributed by atoms with E-state index in [4.69, 9.17) is 9.47 Å². The van der Waals surface area contributed by atoms with Crippen molar-refractivity contribution in [2.24, 2.45) is 0 Å². The molecule has 182 valence electrons. The second kappa shape index (κ2) is 9.63. The number of ether oxygens (including phenoxy) is 2. The highest BCUT2D eigenvalue weighted by atomic mass is 32.2. The van der Waals surface area contributed by atoms with Crippen LogP contribution in [0.1, 0.15) is 29.8 Å². The average molecular weight is 488 g/mol. The van der Waals surface area contributed by atoms with E-state index < -0.39 is 16.1 Å². The van der Waals surface area contributed by atoms with Crippen LogP contribution in [0.15, 0.2) is 47.4 Å². The van der Waals surface area contributed by atoms with Gasteiger partial charge in [-0.3, -0.25) is 9.59 Å². The number of amides is 2. The van der Waals surface area contributed by atoms with Gasteiger partial charge in [-0.2, -0.15) is 0 Å². The zero-order chi connectivity index (χ0) is 24.5. The number of carbonyl (C=O) groups is 2. The van der Waals surface area contributed by atoms with Crippen molar-refractivity contribution in [3.05, 3.63) is 53.6 Å². The molecular weight excluding hydrogens is 458 g/mol. The van der Waals surface area contributed by atoms with Crippen LogP contribution in [0, 0.1) is 6.92 Å². The third kappa shape index (κ3) is 5.02. The molecule has 2 aromatic carbocycles. The lowest BCUT2D eigenvalue weighted by atomic mass is 10.1. The van der Waals surface area contributed by atoms with E-state index >= 15 is 0 Å². The lowest BCUT2D eigenvalue weighted by Crippen LogP contribution is -2.55. The van der Waals surface area contributed by atoms with Gasteiger partial charge in [-0.05, 0) is 50.6 Å². The minimum Gasteiger partial charge on any atom is -0.485 e. The Morgan fingerprint density at radius 3 is 2.32 bits per heavy atom. The highest BCUT2D eigenvalue weighted by Gasteiger charge is 2.34. The van der Waals surface area contributed by atoms with Crippen LogP contribution in [0.25, 0.3) is 0 Å². The Kier molecular flexibility index (Phi) is 6.81. The van der Waals surface area contributed by atoms with Crippen LogP contribution in [0.2, 0.25) is 0 Å². The van der Waals surface area contributed by atoms with Gasteiger partial charge in [-0.15, -0.1) is 0 Å². The molecule has 1 N–H and O–H groups in total. The molecule has 10 heteroatoms. The quantitative estimate of drug-likeness (QED) is 0.690. The number of carbonyl (C=O) groups excluding carboxylic acids is 2. The molecule has 0 aliphatic carbocycles. The van der Waals surface area contributed by atoms with Gasteiger partial charge in [0.05, 0.1) is 4.90 Å². The van der Waals surface area contributed by atoms with Crippen molar-refractivity contribution in [1.82, 2.24) is 14.5 Å². The van der Waals surface area contributed by atoms with Crippen molar-refractivity contribution in [3.8, 4) is 11.5 Å². The summed E-state index contributed by atoms with van der Waals surface area (Å²) in [5.41, 5.74) is 1.03. The lowest BCUT2D eigenvalue weighted by Gasteiger charge is -2.37. The Balaban J connectivity index is 1.40. The number of piperazine rings is 1. The predicted molar refractivity (Wildman–Crippen MR) is 125 cm³/mol. The molecular formula is C24H29N3O6S. The number of para-hydroxylation sites is 2. The summed E-state index contributed by atoms with van der Waals surface area (Å²) in [6, 6.07) is 11.5. The summed E-state index contributed by atoms with van der Waals surface area (Å²) in [5, 5.41) is 0. The van der Waals surface area contributed by atoms with E-state index in [0.29, 0.717) is 48.8 Å². The first kappa shape index (κ1) is 24.0. The molecule has 2 heterocycles. The minimum absolute atomic E-state index is 0.0543. The van der Waals surface area contributed by atoms with Crippen molar-refractivity contribution in [3.63, 3.8) is 0 Å². The molecule has 0 spiro atoms. The molecule has 2 aromatic rings. The summed E-state index contributed by atoms with van der Waals surface area (Å²) < 4.78 is 39.1. The molecule has 9 nitrogen and oxygen atoms in total. The van der Waals surface area contributed by atoms with Crippen LogP contribution < -0.4 is 14.2 Å². The highest BCUT2D eigenvalue weighted by Crippen LogP contribution is 2.31. The van der Waals surface area contributed by atoms with Crippen LogP contribution in [-0.2, 0) is 14.8 Å². The number of aryl methyl sites for hydroxylation is 1. The summed E-state index contributed by atoms with van der Waals surface area (Å²) in [6.45, 7) is 6.79. The van der Waals surface area contributed by atoms with Gasteiger partial charge < -0.3 is 19.3 Å². The maximum Gasteiger partial charge on any atom is 0.267 e. The normalized spacial score (nSPS) is 18.2. The van der Waals surface area contributed by atoms with Crippen molar-refractivity contribution >= 4 is 21.8 Å². The number of hydrogen-bond acceptors (Lipinski definition) is 6. The van der Waals surface area contributed by atoms with Crippen molar-refractivity contribution in [2.45, 2.75) is 37.8 Å². The molecule has 0 bridgehead atoms. The van der Waals surface area contributed by atoms with E-state index in [1.165, 1.54) is 12.1 Å². The first-order chi connectivity index (χ1) is 16.2. The van der Waals surface area contributed by atoms with Gasteiger partial charge in [-0.25, -0.2) is 13.1 Å². The second-order valence-corrected chi connectivity index (χ2v) is 10.4. The van der Waals surface area contributed by atoms with Gasteiger partial charge in [0, 0.05) is 37.8 Å². The van der Waals surface area contributed by atoms with Gasteiger partial charge in [0.1, 0.15) is 6.61 Å². The van der Waals surface area contributed by atoms with Gasteiger partial charge in [0.15, 0.2) is 11.5 Å². The summed E-state index contributed by atoms with van der Waals surface area (Å²) in [4.78, 5) is 29.5. The number of nitrogens with one attached hydrogen (secondary N) is 1. The summed E-state index contributed by atoms with van der Waals surface area (Å²) in [6.07, 6.45) is -0.727. The second-order valence-electron chi connectivity index (χ2n) is 8.73. The fourth-order valence-electron chi connectivity index (χ4n) is 4.02. The number of sulfonamides is 1. The third-order valence-corrected chi connectivity index (χ3v) is 7.46. The summed E-state index contributed by atoms with van der Waals surface area (Å²) in [5.74, 6) is 0.728. The van der Waals surface area contributed by atoms with E-state index in [1.54, 1.807) is 48.8 Å². The number of hydrogen-bond donors (Lipinski definition) is 1. The largest absolute Gasteiger partial charge is 0.485 e. The Labute approximate surface area is 199 Å². The SMILES string of the molecule is Cc1ccc(S(=O)(=O)NC(C)C)cc1C(=O)N1CCN(C(=O)C2COc3ccccc3O2)CC1. The van der Waals surface area contributed by atoms with Crippen molar-refractivity contribution < 1.29 is 27.5 Å². The number of fused-ring (bicyclic) bond motifs is 1. The number of rotatable bonds is 5. The van der Waals surface area contributed by atoms with Gasteiger partial charge in [-0.1, -0.05) is 18.2 Å². The Bertz CT molecular complexity index is 1190. The van der Waals surface area contributed by atoms with Crippen LogP contribution in [0.3, 0.4) is 0 Å². The average Bonchev–Trinajstić information content (AvgIpc) is 2.82. The molecule has 2 aliphatic rings. The predicted octanol–water partition coefficient (Wildman–Crippen LogP) is 1.81. The van der Waals surface area contributed by atoms with Crippen LogP contribution in [0.5, 0.6) is 11.5 Å². The van der Waals surface area contributed by atoms with Crippen LogP contribution in [0.4, 0.5) is 0 Å². The summed E-state index contributed by atoms with van der Waals surface area (Å²) >= 11 is 0. The molecule has 0 saturated carbocycles. The van der Waals surface area contributed by atoms with E-state index in [9.17, 15) is 18.0 Å². The molecule has 1 atom stereocenters. The maximum absolute atomic E-state index is 13.2. The van der Waals surface area contributed by atoms with Crippen LogP contribution >= 0.6 is 0 Å². The maximum atomic E-state index is 13.2. The van der Waals surface area contributed by atoms with Crippen molar-refractivity contribution in [2.75, 3.05) is 32.8 Å². The number of benzene rings is 2. The minimum atomic E-state index is -3.72. The zero-order valence-electron chi connectivity index (χ0n) is 19.5. The summed E-state index contributed by atoms with van der Waals surface area (Å²) in [7, 11) is -3.72. The lowest BCUT2D eigenvalue weighted by molar-refractivity contribution is -0.142. The zero-order valence-corrected chi connectivity index (χ0v) is 20.3. The molecule has 2 aliphatic heterocycles. The van der Waals surface area contributed by atoms with E-state index in [2.05, 4.69) is 4.72 Å². The molecule has 2 amide bonds. The van der Waals surface area contributed by atoms with Crippen molar-refractivity contribution in [1.29, 1.82) is 0 Å². The fourth-order valence-corrected chi connectivity index (χ4v) is 5.30. The molecule has 4 rings (SSSR count). The van der Waals surface area contributed by atoms with Gasteiger partial charge in [0.2, 0.25) is 16.1 Å². The van der Waals surface area contributed by atoms with Gasteiger partial charge >= 0.3 is 0 Å². The third-order valence-electron chi connectivity index (χ3n) is 5.80. The van der Waals surface area contributed by atoms with E-state index in [0.717, 1.165) is 0 Å².